The molecule has 2 aromatic rings. The van der Waals surface area contributed by atoms with Crippen LogP contribution in [0, 0.1) is 5.92 Å². The Morgan fingerprint density at radius 1 is 1.15 bits per heavy atom. The van der Waals surface area contributed by atoms with Crippen molar-refractivity contribution in [1.29, 1.82) is 0 Å². The zero-order chi connectivity index (χ0) is 17.9. The van der Waals surface area contributed by atoms with Crippen LogP contribution in [0.25, 0.3) is 0 Å². The predicted molar refractivity (Wildman–Crippen MR) is 96.3 cm³/mol. The van der Waals surface area contributed by atoms with Crippen molar-refractivity contribution in [3.8, 4) is 0 Å². The molecule has 1 unspecified atom stereocenters. The lowest BCUT2D eigenvalue weighted by atomic mass is 9.79. The topological polar surface area (TPSA) is 58.6 Å². The highest BCUT2D eigenvalue weighted by molar-refractivity contribution is 6.08. The molecular formula is C21H20N2O3. The summed E-state index contributed by atoms with van der Waals surface area (Å²) >= 11 is 0. The molecule has 1 spiro atoms. The number of nitrogens with one attached hydrogen (secondary N) is 1. The molecule has 3 heterocycles. The second kappa shape index (κ2) is 5.42. The van der Waals surface area contributed by atoms with E-state index in [1.54, 1.807) is 0 Å². The molecule has 0 saturated carbocycles. The first-order valence-electron chi connectivity index (χ1n) is 8.98. The van der Waals surface area contributed by atoms with Crippen molar-refractivity contribution < 1.29 is 14.3 Å². The number of anilines is 1. The zero-order valence-electron chi connectivity index (χ0n) is 14.6. The Morgan fingerprint density at radius 3 is 2.69 bits per heavy atom. The van der Waals surface area contributed by atoms with Crippen molar-refractivity contribution in [3.63, 3.8) is 0 Å². The predicted octanol–water partition coefficient (Wildman–Crippen LogP) is 2.45. The van der Waals surface area contributed by atoms with Gasteiger partial charge in [-0.15, -0.1) is 0 Å². The van der Waals surface area contributed by atoms with Gasteiger partial charge in [0.05, 0.1) is 13.0 Å². The van der Waals surface area contributed by atoms with Crippen molar-refractivity contribution in [1.82, 2.24) is 4.90 Å². The standard InChI is InChI=1S/C21H20N2O3/c1-26-19(24)17-11-15-10-13-6-2-3-7-14(13)12-23(15)21(17)16-8-4-5-9-18(16)22-20(21)25/h2-9,15,17H,10-12H2,1H3,(H,22,25)/t15-,17?,21-/m0/s1. The molecule has 0 aromatic heterocycles. The van der Waals surface area contributed by atoms with Crippen LogP contribution in [0.5, 0.6) is 0 Å². The Labute approximate surface area is 152 Å². The van der Waals surface area contributed by atoms with Gasteiger partial charge < -0.3 is 10.1 Å². The SMILES string of the molecule is COC(=O)C1C[C@@H]2Cc3ccccc3CN2[C@]12C(=O)Nc1ccccc12. The van der Waals surface area contributed by atoms with E-state index in [9.17, 15) is 9.59 Å². The van der Waals surface area contributed by atoms with E-state index in [0.29, 0.717) is 13.0 Å². The van der Waals surface area contributed by atoms with Crippen LogP contribution >= 0.6 is 0 Å². The molecule has 0 aliphatic carbocycles. The summed E-state index contributed by atoms with van der Waals surface area (Å²) in [5.41, 5.74) is 3.24. The molecule has 3 aliphatic heterocycles. The molecule has 2 aromatic carbocycles. The molecule has 132 valence electrons. The van der Waals surface area contributed by atoms with Gasteiger partial charge in [-0.3, -0.25) is 14.5 Å². The van der Waals surface area contributed by atoms with Crippen LogP contribution in [0.2, 0.25) is 0 Å². The van der Waals surface area contributed by atoms with Crippen LogP contribution < -0.4 is 5.32 Å². The molecule has 0 bridgehead atoms. The highest BCUT2D eigenvalue weighted by Crippen LogP contribution is 2.55. The number of hydrogen-bond acceptors (Lipinski definition) is 4. The second-order valence-electron chi connectivity index (χ2n) is 7.33. The van der Waals surface area contributed by atoms with Crippen LogP contribution in [-0.4, -0.2) is 29.9 Å². The average molecular weight is 348 g/mol. The first-order chi connectivity index (χ1) is 12.7. The molecule has 1 fully saturated rings. The highest BCUT2D eigenvalue weighted by atomic mass is 16.5. The molecule has 1 saturated heterocycles. The number of methoxy groups -OCH3 is 1. The van der Waals surface area contributed by atoms with Gasteiger partial charge in [-0.25, -0.2) is 0 Å². The molecule has 26 heavy (non-hydrogen) atoms. The molecule has 3 atom stereocenters. The van der Waals surface area contributed by atoms with E-state index >= 15 is 0 Å². The van der Waals surface area contributed by atoms with Crippen LogP contribution in [0.15, 0.2) is 48.5 Å². The molecule has 1 amide bonds. The summed E-state index contributed by atoms with van der Waals surface area (Å²) in [4.78, 5) is 28.2. The second-order valence-corrected chi connectivity index (χ2v) is 7.33. The minimum Gasteiger partial charge on any atom is -0.469 e. The number of esters is 1. The minimum atomic E-state index is -0.984. The number of benzene rings is 2. The van der Waals surface area contributed by atoms with Gasteiger partial charge in [0, 0.05) is 23.8 Å². The van der Waals surface area contributed by atoms with E-state index in [2.05, 4.69) is 28.4 Å². The van der Waals surface area contributed by atoms with Crippen LogP contribution in [0.1, 0.15) is 23.1 Å². The third-order valence-corrected chi connectivity index (χ3v) is 6.24. The van der Waals surface area contributed by atoms with Gasteiger partial charge in [0.1, 0.15) is 5.54 Å². The van der Waals surface area contributed by atoms with Crippen LogP contribution in [0.4, 0.5) is 5.69 Å². The third kappa shape index (κ3) is 1.84. The van der Waals surface area contributed by atoms with E-state index in [4.69, 9.17) is 4.74 Å². The van der Waals surface area contributed by atoms with Crippen molar-refractivity contribution >= 4 is 17.6 Å². The number of carbonyl (C=O) groups is 2. The van der Waals surface area contributed by atoms with E-state index in [0.717, 1.165) is 17.7 Å². The van der Waals surface area contributed by atoms with Gasteiger partial charge in [0.2, 0.25) is 0 Å². The molecular weight excluding hydrogens is 328 g/mol. The molecule has 5 nitrogen and oxygen atoms in total. The van der Waals surface area contributed by atoms with Crippen LogP contribution in [0.3, 0.4) is 0 Å². The number of ether oxygens (including phenoxy) is 1. The highest BCUT2D eigenvalue weighted by Gasteiger charge is 2.65. The maximum atomic E-state index is 13.3. The van der Waals surface area contributed by atoms with Gasteiger partial charge in [0.15, 0.2) is 0 Å². The van der Waals surface area contributed by atoms with Gasteiger partial charge in [-0.05, 0) is 30.0 Å². The summed E-state index contributed by atoms with van der Waals surface area (Å²) in [6.07, 6.45) is 1.48. The Hall–Kier alpha value is -2.66. The number of fused-ring (bicyclic) bond motifs is 5. The number of para-hydroxylation sites is 1. The maximum Gasteiger partial charge on any atom is 0.311 e. The fraction of sp³-hybridized carbons (Fsp3) is 0.333. The van der Waals surface area contributed by atoms with Crippen LogP contribution in [-0.2, 0) is 32.8 Å². The Bertz CT molecular complexity index is 925. The number of hydrogen-bond donors (Lipinski definition) is 1. The van der Waals surface area contributed by atoms with Crippen molar-refractivity contribution in [2.45, 2.75) is 31.0 Å². The monoisotopic (exact) mass is 348 g/mol. The zero-order valence-corrected chi connectivity index (χ0v) is 14.6. The Balaban J connectivity index is 1.71. The summed E-state index contributed by atoms with van der Waals surface area (Å²) in [7, 11) is 1.40. The van der Waals surface area contributed by atoms with Crippen molar-refractivity contribution in [2.24, 2.45) is 5.92 Å². The number of nitrogens with zero attached hydrogens (tertiary/aromatic N) is 1. The third-order valence-electron chi connectivity index (χ3n) is 6.24. The summed E-state index contributed by atoms with van der Waals surface area (Å²) in [5, 5.41) is 3.01. The number of rotatable bonds is 1. The summed E-state index contributed by atoms with van der Waals surface area (Å²) in [5.74, 6) is -0.929. The molecule has 5 heteroatoms. The lowest BCUT2D eigenvalue weighted by molar-refractivity contribution is -0.153. The summed E-state index contributed by atoms with van der Waals surface area (Å²) in [6.45, 7) is 0.663. The number of amides is 1. The van der Waals surface area contributed by atoms with Gasteiger partial charge in [0.25, 0.3) is 5.91 Å². The maximum absolute atomic E-state index is 13.3. The smallest absolute Gasteiger partial charge is 0.311 e. The Kier molecular flexibility index (Phi) is 3.25. The van der Waals surface area contributed by atoms with Gasteiger partial charge >= 0.3 is 5.97 Å². The normalized spacial score (nSPS) is 29.0. The average Bonchev–Trinajstić information content (AvgIpc) is 3.16. The van der Waals surface area contributed by atoms with Gasteiger partial charge in [-0.2, -0.15) is 0 Å². The lowest BCUT2D eigenvalue weighted by Gasteiger charge is -2.41. The van der Waals surface area contributed by atoms with Gasteiger partial charge in [-0.1, -0.05) is 42.5 Å². The quantitative estimate of drug-likeness (QED) is 0.805. The first kappa shape index (κ1) is 15.6. The Morgan fingerprint density at radius 2 is 1.88 bits per heavy atom. The van der Waals surface area contributed by atoms with E-state index in [1.807, 2.05) is 30.3 Å². The minimum absolute atomic E-state index is 0.115. The summed E-state index contributed by atoms with van der Waals surface area (Å²) in [6, 6.07) is 16.2. The van der Waals surface area contributed by atoms with E-state index in [1.165, 1.54) is 18.2 Å². The lowest BCUT2D eigenvalue weighted by Crippen LogP contribution is -2.55. The molecule has 0 radical (unpaired) electrons. The largest absolute Gasteiger partial charge is 0.469 e. The fourth-order valence-corrected chi connectivity index (χ4v) is 5.16. The first-order valence-corrected chi connectivity index (χ1v) is 8.98. The molecule has 3 aliphatic rings. The molecule has 5 rings (SSSR count). The number of carbonyl (C=O) groups excluding carboxylic acids is 2. The van der Waals surface area contributed by atoms with Crippen molar-refractivity contribution in [3.05, 3.63) is 65.2 Å². The van der Waals surface area contributed by atoms with E-state index < -0.39 is 11.5 Å². The molecule has 1 N–H and O–H groups in total. The van der Waals surface area contributed by atoms with E-state index in [-0.39, 0.29) is 17.9 Å². The van der Waals surface area contributed by atoms with Crippen molar-refractivity contribution in [2.75, 3.05) is 12.4 Å². The fourth-order valence-electron chi connectivity index (χ4n) is 5.16. The summed E-state index contributed by atoms with van der Waals surface area (Å²) < 4.78 is 5.12.